The van der Waals surface area contributed by atoms with Gasteiger partial charge in [-0.2, -0.15) is 4.31 Å². The van der Waals surface area contributed by atoms with Gasteiger partial charge in [-0.1, -0.05) is 6.07 Å². The minimum Gasteiger partial charge on any atom is -0.497 e. The molecule has 0 unspecified atom stereocenters. The number of amides is 1. The third kappa shape index (κ3) is 4.30. The Morgan fingerprint density at radius 1 is 0.862 bits per heavy atom. The van der Waals surface area contributed by atoms with Gasteiger partial charge >= 0.3 is 0 Å². The molecule has 29 heavy (non-hydrogen) atoms. The SMILES string of the molecule is COc1cccc(C(=O)N2CCN(S(=O)(=O)c3cc(OC)ccc3OC)CC2)c1. The van der Waals surface area contributed by atoms with Crippen molar-refractivity contribution in [3.8, 4) is 17.2 Å². The number of hydrogen-bond acceptors (Lipinski definition) is 6. The van der Waals surface area contributed by atoms with E-state index in [1.54, 1.807) is 48.4 Å². The van der Waals surface area contributed by atoms with Gasteiger partial charge in [0.25, 0.3) is 5.91 Å². The molecule has 0 aliphatic carbocycles. The highest BCUT2D eigenvalue weighted by Gasteiger charge is 2.32. The van der Waals surface area contributed by atoms with Gasteiger partial charge in [-0.3, -0.25) is 4.79 Å². The molecule has 1 aliphatic heterocycles. The van der Waals surface area contributed by atoms with E-state index in [1.807, 2.05) is 0 Å². The molecule has 1 heterocycles. The number of nitrogens with zero attached hydrogens (tertiary/aromatic N) is 2. The number of methoxy groups -OCH3 is 3. The van der Waals surface area contributed by atoms with E-state index in [1.165, 1.54) is 24.6 Å². The van der Waals surface area contributed by atoms with Crippen molar-refractivity contribution < 1.29 is 27.4 Å². The molecule has 1 amide bonds. The summed E-state index contributed by atoms with van der Waals surface area (Å²) in [5.74, 6) is 1.12. The van der Waals surface area contributed by atoms with Gasteiger partial charge in [0.15, 0.2) is 0 Å². The Hall–Kier alpha value is -2.78. The summed E-state index contributed by atoms with van der Waals surface area (Å²) in [6.45, 7) is 0.972. The monoisotopic (exact) mass is 420 g/mol. The van der Waals surface area contributed by atoms with Crippen LogP contribution >= 0.6 is 0 Å². The van der Waals surface area contributed by atoms with E-state index in [0.717, 1.165) is 0 Å². The zero-order valence-corrected chi connectivity index (χ0v) is 17.4. The summed E-state index contributed by atoms with van der Waals surface area (Å²) >= 11 is 0. The summed E-state index contributed by atoms with van der Waals surface area (Å²) in [6, 6.07) is 11.6. The molecule has 0 N–H and O–H groups in total. The van der Waals surface area contributed by atoms with Gasteiger partial charge in [0.1, 0.15) is 22.1 Å². The predicted octanol–water partition coefficient (Wildman–Crippen LogP) is 1.86. The molecule has 0 spiro atoms. The minimum atomic E-state index is -3.79. The fraction of sp³-hybridized carbons (Fsp3) is 0.350. The molecule has 0 atom stereocenters. The van der Waals surface area contributed by atoms with E-state index in [2.05, 4.69) is 0 Å². The predicted molar refractivity (Wildman–Crippen MR) is 107 cm³/mol. The van der Waals surface area contributed by atoms with Gasteiger partial charge in [0.2, 0.25) is 10.0 Å². The number of rotatable bonds is 6. The molecule has 2 aromatic carbocycles. The molecule has 0 saturated carbocycles. The lowest BCUT2D eigenvalue weighted by Gasteiger charge is -2.34. The maximum Gasteiger partial charge on any atom is 0.254 e. The largest absolute Gasteiger partial charge is 0.497 e. The fourth-order valence-electron chi connectivity index (χ4n) is 3.19. The Kier molecular flexibility index (Phi) is 6.29. The summed E-state index contributed by atoms with van der Waals surface area (Å²) in [6.07, 6.45) is 0. The van der Waals surface area contributed by atoms with Crippen LogP contribution in [-0.2, 0) is 10.0 Å². The summed E-state index contributed by atoms with van der Waals surface area (Å²) in [4.78, 5) is 14.4. The van der Waals surface area contributed by atoms with E-state index >= 15 is 0 Å². The minimum absolute atomic E-state index is 0.0481. The van der Waals surface area contributed by atoms with Crippen LogP contribution in [0, 0.1) is 0 Å². The first-order valence-electron chi connectivity index (χ1n) is 9.06. The highest BCUT2D eigenvalue weighted by Crippen LogP contribution is 2.31. The fourth-order valence-corrected chi connectivity index (χ4v) is 4.79. The number of ether oxygens (including phenoxy) is 3. The Bertz CT molecular complexity index is 984. The van der Waals surface area contributed by atoms with Crippen LogP contribution in [0.15, 0.2) is 47.4 Å². The van der Waals surface area contributed by atoms with Crippen molar-refractivity contribution in [2.24, 2.45) is 0 Å². The van der Waals surface area contributed by atoms with Crippen molar-refractivity contribution in [3.05, 3.63) is 48.0 Å². The van der Waals surface area contributed by atoms with Crippen LogP contribution in [0.3, 0.4) is 0 Å². The van der Waals surface area contributed by atoms with E-state index in [0.29, 0.717) is 30.2 Å². The molecule has 0 bridgehead atoms. The molecule has 3 rings (SSSR count). The zero-order valence-electron chi connectivity index (χ0n) is 16.6. The van der Waals surface area contributed by atoms with Gasteiger partial charge in [-0.25, -0.2) is 8.42 Å². The molecule has 1 aliphatic rings. The normalized spacial score (nSPS) is 15.1. The summed E-state index contributed by atoms with van der Waals surface area (Å²) < 4.78 is 43.2. The number of hydrogen-bond donors (Lipinski definition) is 0. The maximum atomic E-state index is 13.1. The van der Waals surface area contributed by atoms with E-state index < -0.39 is 10.0 Å². The Balaban J connectivity index is 1.75. The van der Waals surface area contributed by atoms with Crippen molar-refractivity contribution in [2.45, 2.75) is 4.90 Å². The van der Waals surface area contributed by atoms with Crippen LogP contribution in [0.5, 0.6) is 17.2 Å². The Labute approximate surface area is 170 Å². The van der Waals surface area contributed by atoms with Gasteiger partial charge in [-0.05, 0) is 30.3 Å². The second-order valence-electron chi connectivity index (χ2n) is 6.45. The van der Waals surface area contributed by atoms with Crippen molar-refractivity contribution in [3.63, 3.8) is 0 Å². The first kappa shape index (κ1) is 20.9. The summed E-state index contributed by atoms with van der Waals surface area (Å²) in [5.41, 5.74) is 0.509. The van der Waals surface area contributed by atoms with E-state index in [-0.39, 0.29) is 29.6 Å². The lowest BCUT2D eigenvalue weighted by atomic mass is 10.1. The van der Waals surface area contributed by atoms with Crippen LogP contribution in [0.25, 0.3) is 0 Å². The Morgan fingerprint density at radius 3 is 2.14 bits per heavy atom. The highest BCUT2D eigenvalue weighted by molar-refractivity contribution is 7.89. The molecule has 2 aromatic rings. The van der Waals surface area contributed by atoms with E-state index in [4.69, 9.17) is 14.2 Å². The molecule has 0 radical (unpaired) electrons. The van der Waals surface area contributed by atoms with Crippen molar-refractivity contribution in [2.75, 3.05) is 47.5 Å². The Morgan fingerprint density at radius 2 is 1.52 bits per heavy atom. The average Bonchev–Trinajstić information content (AvgIpc) is 2.78. The van der Waals surface area contributed by atoms with Crippen LogP contribution in [0.1, 0.15) is 10.4 Å². The zero-order chi connectivity index (χ0) is 21.0. The number of piperazine rings is 1. The standard InChI is InChI=1S/C20H24N2O6S/c1-26-16-6-4-5-15(13-16)20(23)21-9-11-22(12-10-21)29(24,25)19-14-17(27-2)7-8-18(19)28-3/h4-8,13-14H,9-12H2,1-3H3. The number of benzene rings is 2. The number of sulfonamides is 1. The van der Waals surface area contributed by atoms with E-state index in [9.17, 15) is 13.2 Å². The number of carbonyl (C=O) groups excluding carboxylic acids is 1. The van der Waals surface area contributed by atoms with Crippen molar-refractivity contribution >= 4 is 15.9 Å². The lowest BCUT2D eigenvalue weighted by molar-refractivity contribution is 0.0697. The maximum absolute atomic E-state index is 13.1. The van der Waals surface area contributed by atoms with Gasteiger partial charge in [0.05, 0.1) is 21.3 Å². The smallest absolute Gasteiger partial charge is 0.254 e. The first-order valence-corrected chi connectivity index (χ1v) is 10.5. The summed E-state index contributed by atoms with van der Waals surface area (Å²) in [7, 11) is 0.646. The van der Waals surface area contributed by atoms with Crippen molar-refractivity contribution in [1.29, 1.82) is 0 Å². The number of carbonyl (C=O) groups is 1. The van der Waals surface area contributed by atoms with Gasteiger partial charge < -0.3 is 19.1 Å². The second-order valence-corrected chi connectivity index (χ2v) is 8.35. The second kappa shape index (κ2) is 8.71. The van der Waals surface area contributed by atoms with Gasteiger partial charge in [-0.15, -0.1) is 0 Å². The molecule has 1 saturated heterocycles. The molecule has 0 aromatic heterocycles. The molecular formula is C20H24N2O6S. The molecule has 156 valence electrons. The quantitative estimate of drug-likeness (QED) is 0.709. The van der Waals surface area contributed by atoms with Crippen molar-refractivity contribution in [1.82, 2.24) is 9.21 Å². The summed E-state index contributed by atoms with van der Waals surface area (Å²) in [5, 5.41) is 0. The molecular weight excluding hydrogens is 396 g/mol. The van der Waals surface area contributed by atoms with Crippen LogP contribution in [-0.4, -0.2) is 71.0 Å². The van der Waals surface area contributed by atoms with Crippen LogP contribution in [0.2, 0.25) is 0 Å². The third-order valence-electron chi connectivity index (χ3n) is 4.83. The highest BCUT2D eigenvalue weighted by atomic mass is 32.2. The topological polar surface area (TPSA) is 85.4 Å². The van der Waals surface area contributed by atoms with Crippen LogP contribution in [0.4, 0.5) is 0 Å². The lowest BCUT2D eigenvalue weighted by Crippen LogP contribution is -2.50. The third-order valence-corrected chi connectivity index (χ3v) is 6.75. The first-order chi connectivity index (χ1) is 13.9. The molecule has 9 heteroatoms. The molecule has 8 nitrogen and oxygen atoms in total. The van der Waals surface area contributed by atoms with Crippen LogP contribution < -0.4 is 14.2 Å². The molecule has 1 fully saturated rings. The van der Waals surface area contributed by atoms with Gasteiger partial charge in [0, 0.05) is 37.8 Å². The average molecular weight is 420 g/mol.